The van der Waals surface area contributed by atoms with Gasteiger partial charge in [-0.2, -0.15) is 26.3 Å². The van der Waals surface area contributed by atoms with Gasteiger partial charge in [0.1, 0.15) is 6.20 Å². The van der Waals surface area contributed by atoms with E-state index in [9.17, 15) is 26.3 Å². The molecular weight excluding hydrogens is 286 g/mol. The predicted octanol–water partition coefficient (Wildman–Crippen LogP) is 3.98. The van der Waals surface area contributed by atoms with E-state index in [4.69, 9.17) is 0 Å². The van der Waals surface area contributed by atoms with Crippen LogP contribution in [0.4, 0.5) is 26.3 Å². The van der Waals surface area contributed by atoms with Gasteiger partial charge in [-0.25, -0.2) is 0 Å². The molecule has 0 saturated carbocycles. The van der Waals surface area contributed by atoms with Crippen molar-refractivity contribution in [3.63, 3.8) is 0 Å². The van der Waals surface area contributed by atoms with Gasteiger partial charge >= 0.3 is 12.4 Å². The number of benzene rings is 1. The van der Waals surface area contributed by atoms with Gasteiger partial charge in [-0.1, -0.05) is 12.1 Å². The number of aromatic nitrogens is 2. The Morgan fingerprint density at radius 2 is 1.60 bits per heavy atom. The molecule has 0 saturated heterocycles. The zero-order valence-corrected chi connectivity index (χ0v) is 9.55. The third kappa shape index (κ3) is 2.73. The minimum absolute atomic E-state index is 0.304. The van der Waals surface area contributed by atoms with Crippen LogP contribution < -0.4 is 0 Å². The minimum atomic E-state index is -5.16. The Bertz CT molecular complexity index is 604. The number of halogens is 6. The lowest BCUT2D eigenvalue weighted by atomic mass is 9.97. The van der Waals surface area contributed by atoms with Crippen LogP contribution in [0.2, 0.25) is 0 Å². The average Bonchev–Trinajstić information content (AvgIpc) is 2.37. The molecule has 0 N–H and O–H groups in total. The van der Waals surface area contributed by atoms with Gasteiger partial charge < -0.3 is 0 Å². The van der Waals surface area contributed by atoms with Gasteiger partial charge in [-0.3, -0.25) is 0 Å². The molecule has 0 aliphatic rings. The first-order chi connectivity index (χ1) is 9.21. The van der Waals surface area contributed by atoms with Crippen LogP contribution >= 0.6 is 0 Å². The van der Waals surface area contributed by atoms with Crippen LogP contribution in [0.15, 0.2) is 30.3 Å². The number of nitrogens with zero attached hydrogens (tertiary/aromatic N) is 2. The fourth-order valence-electron chi connectivity index (χ4n) is 1.72. The number of hydrogen-bond acceptors (Lipinski definition) is 2. The first kappa shape index (κ1) is 14.3. The van der Waals surface area contributed by atoms with Gasteiger partial charge in [-0.15, -0.1) is 10.2 Å². The first-order valence-corrected chi connectivity index (χ1v) is 5.19. The molecule has 0 fully saturated rings. The molecule has 0 bridgehead atoms. The van der Waals surface area contributed by atoms with Crippen molar-refractivity contribution < 1.29 is 26.3 Å². The summed E-state index contributed by atoms with van der Waals surface area (Å²) in [5.74, 6) is 0. The van der Waals surface area contributed by atoms with Gasteiger partial charge in [-0.05, 0) is 18.2 Å². The van der Waals surface area contributed by atoms with Gasteiger partial charge in [0.25, 0.3) is 0 Å². The summed E-state index contributed by atoms with van der Waals surface area (Å²) in [4.78, 5) is 0. The molecule has 0 amide bonds. The van der Waals surface area contributed by atoms with Crippen molar-refractivity contribution in [2.45, 2.75) is 12.4 Å². The standard InChI is InChI=1S/C12H5F6N2/c13-11(14,15)8-4-1-3-7(10(8)12(16,17)18)9-5-2-6-19-20-9/h1-5H. The molecule has 0 aliphatic carbocycles. The molecule has 1 radical (unpaired) electrons. The normalized spacial score (nSPS) is 12.5. The largest absolute Gasteiger partial charge is 0.417 e. The Labute approximate surface area is 109 Å². The predicted molar refractivity (Wildman–Crippen MR) is 56.3 cm³/mol. The molecule has 2 rings (SSSR count). The molecule has 105 valence electrons. The number of hydrogen-bond donors (Lipinski definition) is 0. The summed E-state index contributed by atoms with van der Waals surface area (Å²) in [6.07, 6.45) is -8.04. The van der Waals surface area contributed by atoms with Crippen LogP contribution in [-0.2, 0) is 12.4 Å². The zero-order chi connectivity index (χ0) is 15.0. The summed E-state index contributed by atoms with van der Waals surface area (Å²) < 4.78 is 77.1. The fraction of sp³-hybridized carbons (Fsp3) is 0.167. The lowest BCUT2D eigenvalue weighted by Gasteiger charge is -2.18. The molecule has 20 heavy (non-hydrogen) atoms. The third-order valence-corrected chi connectivity index (χ3v) is 2.46. The lowest BCUT2D eigenvalue weighted by molar-refractivity contribution is -0.161. The van der Waals surface area contributed by atoms with E-state index in [1.165, 1.54) is 6.07 Å². The van der Waals surface area contributed by atoms with Crippen LogP contribution in [-0.4, -0.2) is 10.2 Å². The highest BCUT2D eigenvalue weighted by Gasteiger charge is 2.45. The SMILES string of the molecule is FC(F)(F)c1cccc(-c2cc[c]nn2)c1C(F)(F)F. The van der Waals surface area contributed by atoms with E-state index in [0.717, 1.165) is 18.2 Å². The summed E-state index contributed by atoms with van der Waals surface area (Å²) >= 11 is 0. The van der Waals surface area contributed by atoms with Gasteiger partial charge in [0.05, 0.1) is 16.8 Å². The monoisotopic (exact) mass is 291 g/mol. The Hall–Kier alpha value is -2.12. The maximum absolute atomic E-state index is 13.0. The first-order valence-electron chi connectivity index (χ1n) is 5.19. The molecule has 0 unspecified atom stereocenters. The Balaban J connectivity index is 2.77. The highest BCUT2D eigenvalue weighted by atomic mass is 19.4. The lowest BCUT2D eigenvalue weighted by Crippen LogP contribution is -2.18. The van der Waals surface area contributed by atoms with Crippen LogP contribution in [0.5, 0.6) is 0 Å². The maximum Gasteiger partial charge on any atom is 0.417 e. The molecule has 1 aromatic heterocycles. The number of alkyl halides is 6. The summed E-state index contributed by atoms with van der Waals surface area (Å²) in [7, 11) is 0. The molecule has 1 aromatic carbocycles. The molecule has 1 heterocycles. The summed E-state index contributed by atoms with van der Waals surface area (Å²) in [5, 5.41) is 6.63. The fourth-order valence-corrected chi connectivity index (χ4v) is 1.72. The van der Waals surface area contributed by atoms with E-state index in [1.54, 1.807) is 0 Å². The molecule has 0 spiro atoms. The second-order valence-corrected chi connectivity index (χ2v) is 3.77. The van der Waals surface area contributed by atoms with Crippen LogP contribution in [0.1, 0.15) is 11.1 Å². The van der Waals surface area contributed by atoms with E-state index in [2.05, 4.69) is 16.4 Å². The second kappa shape index (κ2) is 4.77. The summed E-state index contributed by atoms with van der Waals surface area (Å²) in [6, 6.07) is 4.48. The van der Waals surface area contributed by atoms with E-state index in [-0.39, 0.29) is 5.69 Å². The van der Waals surface area contributed by atoms with E-state index < -0.39 is 29.0 Å². The van der Waals surface area contributed by atoms with Crippen LogP contribution in [0, 0.1) is 6.20 Å². The van der Waals surface area contributed by atoms with Crippen molar-refractivity contribution in [1.82, 2.24) is 10.2 Å². The Morgan fingerprint density at radius 3 is 2.10 bits per heavy atom. The molecule has 8 heteroatoms. The topological polar surface area (TPSA) is 25.8 Å². The third-order valence-electron chi connectivity index (χ3n) is 2.46. The van der Waals surface area contributed by atoms with Crippen LogP contribution in [0.25, 0.3) is 11.3 Å². The molecule has 0 atom stereocenters. The molecule has 2 aromatic rings. The van der Waals surface area contributed by atoms with Crippen molar-refractivity contribution in [3.05, 3.63) is 47.7 Å². The van der Waals surface area contributed by atoms with E-state index >= 15 is 0 Å². The van der Waals surface area contributed by atoms with Gasteiger partial charge in [0, 0.05) is 5.56 Å². The molecular formula is C12H5F6N2. The van der Waals surface area contributed by atoms with Crippen molar-refractivity contribution >= 4 is 0 Å². The van der Waals surface area contributed by atoms with Crippen molar-refractivity contribution in [1.29, 1.82) is 0 Å². The quantitative estimate of drug-likeness (QED) is 0.743. The van der Waals surface area contributed by atoms with E-state index in [1.807, 2.05) is 0 Å². The molecule has 2 nitrogen and oxygen atoms in total. The smallest absolute Gasteiger partial charge is 0.166 e. The summed E-state index contributed by atoms with van der Waals surface area (Å²) in [5.41, 5.74) is -4.50. The van der Waals surface area contributed by atoms with Crippen molar-refractivity contribution in [2.24, 2.45) is 0 Å². The highest BCUT2D eigenvalue weighted by Crippen LogP contribution is 2.44. The maximum atomic E-state index is 13.0. The Morgan fingerprint density at radius 1 is 0.900 bits per heavy atom. The second-order valence-electron chi connectivity index (χ2n) is 3.77. The van der Waals surface area contributed by atoms with Crippen molar-refractivity contribution in [2.75, 3.05) is 0 Å². The Kier molecular flexibility index (Phi) is 3.41. The van der Waals surface area contributed by atoms with E-state index in [0.29, 0.717) is 6.07 Å². The minimum Gasteiger partial charge on any atom is -0.166 e. The van der Waals surface area contributed by atoms with Crippen LogP contribution in [0.3, 0.4) is 0 Å². The molecule has 0 aliphatic heterocycles. The van der Waals surface area contributed by atoms with Gasteiger partial charge in [0.2, 0.25) is 0 Å². The number of rotatable bonds is 1. The zero-order valence-electron chi connectivity index (χ0n) is 9.55. The van der Waals surface area contributed by atoms with Gasteiger partial charge in [0.15, 0.2) is 0 Å². The van der Waals surface area contributed by atoms with Crippen molar-refractivity contribution in [3.8, 4) is 11.3 Å². The average molecular weight is 291 g/mol. The summed E-state index contributed by atoms with van der Waals surface area (Å²) in [6.45, 7) is 0. The highest BCUT2D eigenvalue weighted by molar-refractivity contribution is 5.66.